The molecule has 1 amide bonds. The number of rotatable bonds is 9. The maximum atomic E-state index is 12.9. The van der Waals surface area contributed by atoms with Crippen molar-refractivity contribution in [2.24, 2.45) is 0 Å². The van der Waals surface area contributed by atoms with Gasteiger partial charge in [0.15, 0.2) is 0 Å². The first-order valence-corrected chi connectivity index (χ1v) is 12.8. The molecule has 0 aromatic heterocycles. The van der Waals surface area contributed by atoms with Crippen LogP contribution in [0, 0.1) is 11.3 Å². The summed E-state index contributed by atoms with van der Waals surface area (Å²) >= 11 is 1.89. The van der Waals surface area contributed by atoms with Gasteiger partial charge < -0.3 is 9.64 Å². The van der Waals surface area contributed by atoms with Gasteiger partial charge in [0.05, 0.1) is 10.8 Å². The van der Waals surface area contributed by atoms with E-state index in [1.807, 2.05) is 34.9 Å². The minimum atomic E-state index is -0.449. The Labute approximate surface area is 212 Å². The van der Waals surface area contributed by atoms with Crippen LogP contribution in [0.25, 0.3) is 0 Å². The molecule has 0 spiro atoms. The molecule has 4 nitrogen and oxygen atoms in total. The lowest BCUT2D eigenvalue weighted by Gasteiger charge is -2.37. The van der Waals surface area contributed by atoms with Crippen molar-refractivity contribution in [2.75, 3.05) is 13.2 Å². The summed E-state index contributed by atoms with van der Waals surface area (Å²) in [4.78, 5) is 14.7. The fourth-order valence-electron chi connectivity index (χ4n) is 4.87. The molecule has 1 aliphatic rings. The zero-order valence-electron chi connectivity index (χ0n) is 19.8. The Balaban J connectivity index is 1.76. The summed E-state index contributed by atoms with van der Waals surface area (Å²) in [6, 6.07) is 34.0. The summed E-state index contributed by atoms with van der Waals surface area (Å²) in [6.07, 6.45) is 3.11. The third-order valence-electron chi connectivity index (χ3n) is 6.41. The van der Waals surface area contributed by atoms with Crippen LogP contribution in [0.5, 0.6) is 0 Å². The number of benzene rings is 3. The van der Waals surface area contributed by atoms with Crippen LogP contribution in [-0.4, -0.2) is 35.4 Å². The smallest absolute Gasteiger partial charge is 0.410 e. The van der Waals surface area contributed by atoms with Gasteiger partial charge in [-0.3, -0.25) is 0 Å². The lowest BCUT2D eigenvalue weighted by molar-refractivity contribution is 0.107. The molecule has 1 heterocycles. The molecule has 0 aliphatic carbocycles. The third-order valence-corrected chi connectivity index (χ3v) is 8.14. The van der Waals surface area contributed by atoms with E-state index in [2.05, 4.69) is 85.4 Å². The zero-order chi connectivity index (χ0) is 24.5. The second kappa shape index (κ2) is 11.8. The highest BCUT2D eigenvalue weighted by molar-refractivity contribution is 8.01. The topological polar surface area (TPSA) is 53.3 Å². The van der Waals surface area contributed by atoms with Crippen LogP contribution < -0.4 is 0 Å². The van der Waals surface area contributed by atoms with Crippen LogP contribution in [0.15, 0.2) is 104 Å². The molecule has 0 radical (unpaired) electrons. The zero-order valence-corrected chi connectivity index (χ0v) is 20.6. The van der Waals surface area contributed by atoms with Crippen LogP contribution in [-0.2, 0) is 9.48 Å². The van der Waals surface area contributed by atoms with Crippen molar-refractivity contribution < 1.29 is 9.53 Å². The fourth-order valence-corrected chi connectivity index (χ4v) is 6.74. The highest BCUT2D eigenvalue weighted by Gasteiger charge is 2.44. The van der Waals surface area contributed by atoms with E-state index in [1.54, 1.807) is 6.08 Å². The molecule has 0 bridgehead atoms. The summed E-state index contributed by atoms with van der Waals surface area (Å²) in [6.45, 7) is 4.40. The number of amides is 1. The molecule has 3 aromatic carbocycles. The predicted octanol–water partition coefficient (Wildman–Crippen LogP) is 6.78. The van der Waals surface area contributed by atoms with Gasteiger partial charge in [-0.2, -0.15) is 5.26 Å². The van der Waals surface area contributed by atoms with Gasteiger partial charge >= 0.3 is 6.09 Å². The number of thioether (sulfide) groups is 1. The van der Waals surface area contributed by atoms with Crippen molar-refractivity contribution in [3.63, 3.8) is 0 Å². The Morgan fingerprint density at radius 1 is 1.00 bits per heavy atom. The molecule has 178 valence electrons. The first-order valence-electron chi connectivity index (χ1n) is 11.9. The molecule has 5 heteroatoms. The van der Waals surface area contributed by atoms with E-state index in [9.17, 15) is 10.1 Å². The predicted molar refractivity (Wildman–Crippen MR) is 142 cm³/mol. The average molecular weight is 483 g/mol. The fraction of sp³-hybridized carbons (Fsp3) is 0.267. The summed E-state index contributed by atoms with van der Waals surface area (Å²) in [5.41, 5.74) is 3.59. The normalized spacial score (nSPS) is 17.5. The number of hydrogen-bond donors (Lipinski definition) is 0. The maximum absolute atomic E-state index is 12.9. The van der Waals surface area contributed by atoms with Gasteiger partial charge in [-0.15, -0.1) is 11.8 Å². The van der Waals surface area contributed by atoms with Gasteiger partial charge in [-0.1, -0.05) is 104 Å². The van der Waals surface area contributed by atoms with Gasteiger partial charge in [0.1, 0.15) is 6.61 Å². The Morgan fingerprint density at radius 2 is 1.51 bits per heavy atom. The Morgan fingerprint density at radius 3 is 1.97 bits per heavy atom. The molecular formula is C30H30N2O2S. The molecule has 0 saturated carbocycles. The lowest BCUT2D eigenvalue weighted by atomic mass is 9.84. The molecule has 2 atom stereocenters. The highest BCUT2D eigenvalue weighted by Crippen LogP contribution is 2.52. The molecule has 0 unspecified atom stereocenters. The minimum absolute atomic E-state index is 0.0236. The number of hydrogen-bond acceptors (Lipinski definition) is 4. The monoisotopic (exact) mass is 482 g/mol. The van der Waals surface area contributed by atoms with Gasteiger partial charge in [0, 0.05) is 24.3 Å². The van der Waals surface area contributed by atoms with E-state index in [0.717, 1.165) is 6.42 Å². The maximum Gasteiger partial charge on any atom is 0.410 e. The van der Waals surface area contributed by atoms with E-state index < -0.39 is 4.75 Å². The number of nitrogens with zero attached hydrogens (tertiary/aromatic N) is 2. The first-order chi connectivity index (χ1) is 17.2. The third kappa shape index (κ3) is 5.44. The first kappa shape index (κ1) is 24.6. The van der Waals surface area contributed by atoms with Crippen molar-refractivity contribution in [3.05, 3.63) is 120 Å². The molecule has 35 heavy (non-hydrogen) atoms. The summed E-state index contributed by atoms with van der Waals surface area (Å²) in [5, 5.41) is 9.35. The van der Waals surface area contributed by atoms with E-state index in [-0.39, 0.29) is 24.0 Å². The van der Waals surface area contributed by atoms with Gasteiger partial charge in [0.2, 0.25) is 0 Å². The van der Waals surface area contributed by atoms with Crippen molar-refractivity contribution in [2.45, 2.75) is 35.3 Å². The van der Waals surface area contributed by atoms with Crippen molar-refractivity contribution in [3.8, 4) is 6.07 Å². The molecular weight excluding hydrogens is 452 g/mol. The lowest BCUT2D eigenvalue weighted by Crippen LogP contribution is -2.36. The molecule has 1 aliphatic heterocycles. The second-order valence-corrected chi connectivity index (χ2v) is 10.1. The number of nitriles is 1. The molecule has 1 saturated heterocycles. The largest absolute Gasteiger partial charge is 0.445 e. The summed E-state index contributed by atoms with van der Waals surface area (Å²) < 4.78 is 4.95. The van der Waals surface area contributed by atoms with Crippen molar-refractivity contribution in [1.82, 2.24) is 4.90 Å². The molecule has 0 N–H and O–H groups in total. The van der Waals surface area contributed by atoms with E-state index in [1.165, 1.54) is 16.7 Å². The van der Waals surface area contributed by atoms with Crippen LogP contribution in [0.2, 0.25) is 0 Å². The molecule has 4 rings (SSSR count). The molecule has 3 aromatic rings. The Bertz CT molecular complexity index is 1050. The average Bonchev–Trinajstić information content (AvgIpc) is 3.33. The number of likely N-dealkylation sites (tertiary alicyclic amines) is 1. The van der Waals surface area contributed by atoms with Gasteiger partial charge in [0.25, 0.3) is 0 Å². The second-order valence-electron chi connectivity index (χ2n) is 8.62. The summed E-state index contributed by atoms with van der Waals surface area (Å²) in [5.74, 6) is 0. The Kier molecular flexibility index (Phi) is 8.28. The number of carbonyl (C=O) groups is 1. The van der Waals surface area contributed by atoms with Gasteiger partial charge in [-0.05, 0) is 29.5 Å². The van der Waals surface area contributed by atoms with Crippen LogP contribution in [0.1, 0.15) is 36.0 Å². The minimum Gasteiger partial charge on any atom is -0.445 e. The van der Waals surface area contributed by atoms with Crippen LogP contribution in [0.4, 0.5) is 4.79 Å². The standard InChI is InChI=1S/C30H30N2O2S/c1-2-21-34-29(33)32-23-28(22-27(32)19-12-20-31)35-30(24-13-6-3-7-14-24,25-15-8-4-9-16-25)26-17-10-5-11-18-26/h2-11,13-18,27-28H,1,12,19,21-23H2/t27-,28+/m1/s1. The Hall–Kier alpha value is -3.49. The van der Waals surface area contributed by atoms with E-state index in [4.69, 9.17) is 4.74 Å². The van der Waals surface area contributed by atoms with Crippen molar-refractivity contribution in [1.29, 1.82) is 5.26 Å². The van der Waals surface area contributed by atoms with Crippen molar-refractivity contribution >= 4 is 17.9 Å². The quantitative estimate of drug-likeness (QED) is 0.249. The highest BCUT2D eigenvalue weighted by atomic mass is 32.2. The van der Waals surface area contributed by atoms with E-state index >= 15 is 0 Å². The number of ether oxygens (including phenoxy) is 1. The number of carbonyl (C=O) groups excluding carboxylic acids is 1. The van der Waals surface area contributed by atoms with E-state index in [0.29, 0.717) is 19.4 Å². The molecule has 1 fully saturated rings. The van der Waals surface area contributed by atoms with Crippen LogP contribution in [0.3, 0.4) is 0 Å². The van der Waals surface area contributed by atoms with Crippen LogP contribution >= 0.6 is 11.8 Å². The summed E-state index contributed by atoms with van der Waals surface area (Å²) in [7, 11) is 0. The SMILES string of the molecule is C=CCOC(=O)N1C[C@@H](SC(c2ccccc2)(c2ccccc2)c2ccccc2)C[C@H]1CCC#N. The van der Waals surface area contributed by atoms with Gasteiger partial charge in [-0.25, -0.2) is 4.79 Å².